The lowest BCUT2D eigenvalue weighted by Crippen LogP contribution is -2.27. The van der Waals surface area contributed by atoms with Crippen LogP contribution in [0.15, 0.2) is 45.8 Å². The van der Waals surface area contributed by atoms with Crippen LogP contribution >= 0.6 is 11.8 Å². The molecule has 1 aromatic heterocycles. The minimum Gasteiger partial charge on any atom is -0.410 e. The van der Waals surface area contributed by atoms with Gasteiger partial charge in [0, 0.05) is 19.7 Å². The highest BCUT2D eigenvalue weighted by Gasteiger charge is 2.35. The van der Waals surface area contributed by atoms with Crippen molar-refractivity contribution in [2.45, 2.75) is 12.8 Å². The molecule has 0 atom stereocenters. The SMILES string of the molecule is CNC(=O)c1noc2c1C(=O)C(SCCCCNC(=O)Oc1ccccc1)=CC2=O. The number of hydrogen-bond donors (Lipinski definition) is 2. The first-order valence-electron chi connectivity index (χ1n) is 9.17. The van der Waals surface area contributed by atoms with Crippen molar-refractivity contribution in [1.29, 1.82) is 0 Å². The number of para-hydroxylation sites is 1. The van der Waals surface area contributed by atoms with Gasteiger partial charge in [-0.1, -0.05) is 23.4 Å². The number of hydrogen-bond acceptors (Lipinski definition) is 8. The van der Waals surface area contributed by atoms with Crippen molar-refractivity contribution in [3.8, 4) is 5.75 Å². The molecule has 2 amide bonds. The van der Waals surface area contributed by atoms with Crippen LogP contribution in [0.1, 0.15) is 44.2 Å². The number of carbonyl (C=O) groups is 4. The second kappa shape index (κ2) is 9.88. The zero-order chi connectivity index (χ0) is 21.5. The number of aromatic nitrogens is 1. The number of rotatable bonds is 8. The Kier molecular flexibility index (Phi) is 7.02. The zero-order valence-corrected chi connectivity index (χ0v) is 16.9. The summed E-state index contributed by atoms with van der Waals surface area (Å²) in [6.45, 7) is 0.411. The molecule has 3 rings (SSSR count). The minimum atomic E-state index is -0.596. The van der Waals surface area contributed by atoms with E-state index in [1.807, 2.05) is 6.07 Å². The fourth-order valence-corrected chi connectivity index (χ4v) is 3.65. The van der Waals surface area contributed by atoms with Crippen LogP contribution in [0, 0.1) is 0 Å². The molecule has 2 N–H and O–H groups in total. The van der Waals surface area contributed by atoms with Gasteiger partial charge in [-0.05, 0) is 30.7 Å². The third-order valence-corrected chi connectivity index (χ3v) is 5.23. The fraction of sp³-hybridized carbons (Fsp3) is 0.250. The molecular weight excluding hydrogens is 410 g/mol. The van der Waals surface area contributed by atoms with Crippen molar-refractivity contribution < 1.29 is 28.4 Å². The van der Waals surface area contributed by atoms with E-state index < -0.39 is 23.6 Å². The number of nitrogens with zero attached hydrogens (tertiary/aromatic N) is 1. The molecule has 0 saturated carbocycles. The van der Waals surface area contributed by atoms with Gasteiger partial charge in [0.25, 0.3) is 5.91 Å². The Morgan fingerprint density at radius 3 is 2.67 bits per heavy atom. The number of benzene rings is 1. The van der Waals surface area contributed by atoms with E-state index in [2.05, 4.69) is 15.8 Å². The molecule has 0 aliphatic heterocycles. The van der Waals surface area contributed by atoms with Crippen molar-refractivity contribution in [2.75, 3.05) is 19.3 Å². The molecule has 1 heterocycles. The average molecular weight is 429 g/mol. The van der Waals surface area contributed by atoms with E-state index in [1.54, 1.807) is 24.3 Å². The van der Waals surface area contributed by atoms with E-state index in [-0.39, 0.29) is 21.9 Å². The molecule has 1 aromatic carbocycles. The van der Waals surface area contributed by atoms with Gasteiger partial charge in [-0.2, -0.15) is 0 Å². The maximum Gasteiger partial charge on any atom is 0.412 e. The van der Waals surface area contributed by atoms with Crippen LogP contribution in [0.2, 0.25) is 0 Å². The van der Waals surface area contributed by atoms with E-state index in [9.17, 15) is 19.2 Å². The quantitative estimate of drug-likeness (QED) is 0.613. The highest BCUT2D eigenvalue weighted by atomic mass is 32.2. The first-order chi connectivity index (χ1) is 14.5. The zero-order valence-electron chi connectivity index (χ0n) is 16.1. The largest absolute Gasteiger partial charge is 0.412 e. The van der Waals surface area contributed by atoms with E-state index in [4.69, 9.17) is 9.26 Å². The van der Waals surface area contributed by atoms with Crippen LogP contribution in [0.3, 0.4) is 0 Å². The van der Waals surface area contributed by atoms with E-state index in [0.717, 1.165) is 0 Å². The number of fused-ring (bicyclic) bond motifs is 1. The lowest BCUT2D eigenvalue weighted by Gasteiger charge is -2.11. The molecule has 0 spiro atoms. The van der Waals surface area contributed by atoms with Gasteiger partial charge < -0.3 is 19.9 Å². The maximum absolute atomic E-state index is 12.7. The Morgan fingerprint density at radius 1 is 1.17 bits per heavy atom. The van der Waals surface area contributed by atoms with Gasteiger partial charge in [-0.15, -0.1) is 11.8 Å². The third-order valence-electron chi connectivity index (χ3n) is 4.12. The molecule has 2 aromatic rings. The van der Waals surface area contributed by atoms with Gasteiger partial charge >= 0.3 is 6.09 Å². The van der Waals surface area contributed by atoms with Crippen molar-refractivity contribution in [1.82, 2.24) is 15.8 Å². The second-order valence-corrected chi connectivity index (χ2v) is 7.34. The number of thioether (sulfide) groups is 1. The van der Waals surface area contributed by atoms with E-state index in [0.29, 0.717) is 30.9 Å². The fourth-order valence-electron chi connectivity index (χ4n) is 2.65. The summed E-state index contributed by atoms with van der Waals surface area (Å²) < 4.78 is 9.99. The number of ether oxygens (including phenoxy) is 1. The number of allylic oxidation sites excluding steroid dienone is 2. The number of Topliss-reactive ketones (excluding diaryl/α,β-unsaturated/α-hetero) is 1. The monoisotopic (exact) mass is 429 g/mol. The Morgan fingerprint density at radius 2 is 1.93 bits per heavy atom. The lowest BCUT2D eigenvalue weighted by atomic mass is 10.00. The Labute approximate surface area is 176 Å². The summed E-state index contributed by atoms with van der Waals surface area (Å²) >= 11 is 1.21. The smallest absolute Gasteiger partial charge is 0.410 e. The highest BCUT2D eigenvalue weighted by molar-refractivity contribution is 8.04. The second-order valence-electron chi connectivity index (χ2n) is 6.20. The van der Waals surface area contributed by atoms with E-state index in [1.165, 1.54) is 24.9 Å². The van der Waals surface area contributed by atoms with Gasteiger partial charge in [0.2, 0.25) is 17.3 Å². The first-order valence-corrected chi connectivity index (χ1v) is 10.2. The molecule has 0 saturated heterocycles. The predicted octanol–water partition coefficient (Wildman–Crippen LogP) is 2.60. The van der Waals surface area contributed by atoms with Gasteiger partial charge in [0.05, 0.1) is 4.91 Å². The summed E-state index contributed by atoms with van der Waals surface area (Å²) in [5.74, 6) is -0.762. The number of nitrogens with one attached hydrogen (secondary N) is 2. The molecule has 0 radical (unpaired) electrons. The molecule has 1 aliphatic rings. The van der Waals surface area contributed by atoms with E-state index >= 15 is 0 Å². The van der Waals surface area contributed by atoms with Crippen molar-refractivity contribution in [2.24, 2.45) is 0 Å². The third kappa shape index (κ3) is 4.95. The molecule has 1 aliphatic carbocycles. The number of amides is 2. The molecule has 0 unspecified atom stereocenters. The molecule has 156 valence electrons. The van der Waals surface area contributed by atoms with Crippen LogP contribution in [-0.4, -0.2) is 48.1 Å². The summed E-state index contributed by atoms with van der Waals surface area (Å²) in [6, 6.07) is 8.73. The molecule has 9 nitrogen and oxygen atoms in total. The lowest BCUT2D eigenvalue weighted by molar-refractivity contribution is 0.0944. The Balaban J connectivity index is 1.44. The molecule has 30 heavy (non-hydrogen) atoms. The standard InChI is InChI=1S/C20H19N3O6S/c1-21-19(26)16-15-17(25)14(11-13(24)18(15)29-23-16)30-10-6-5-9-22-20(27)28-12-7-3-2-4-8-12/h2-4,7-8,11H,5-6,9-10H2,1H3,(H,21,26)(H,22,27). The summed E-state index contributed by atoms with van der Waals surface area (Å²) in [5.41, 5.74) is -0.298. The Hall–Kier alpha value is -3.40. The molecular formula is C20H19N3O6S. The van der Waals surface area contributed by atoms with Crippen molar-refractivity contribution >= 4 is 35.3 Å². The first kappa shape index (κ1) is 21.3. The average Bonchev–Trinajstić information content (AvgIpc) is 3.20. The van der Waals surface area contributed by atoms with Crippen molar-refractivity contribution in [3.05, 3.63) is 58.3 Å². The maximum atomic E-state index is 12.7. The van der Waals surface area contributed by atoms with Crippen LogP contribution in [-0.2, 0) is 0 Å². The number of unbranched alkanes of at least 4 members (excludes halogenated alkanes) is 1. The predicted molar refractivity (Wildman–Crippen MR) is 109 cm³/mol. The summed E-state index contributed by atoms with van der Waals surface area (Å²) in [4.78, 5) is 48.6. The van der Waals surface area contributed by atoms with Crippen LogP contribution in [0.25, 0.3) is 0 Å². The minimum absolute atomic E-state index is 0.102. The normalized spacial score (nSPS) is 12.8. The molecule has 0 bridgehead atoms. The molecule has 0 fully saturated rings. The summed E-state index contributed by atoms with van der Waals surface area (Å²) in [7, 11) is 1.40. The Bertz CT molecular complexity index is 999. The molecule has 10 heteroatoms. The highest BCUT2D eigenvalue weighted by Crippen LogP contribution is 2.30. The number of ketones is 2. The van der Waals surface area contributed by atoms with Crippen LogP contribution in [0.4, 0.5) is 4.79 Å². The van der Waals surface area contributed by atoms with Crippen molar-refractivity contribution in [3.63, 3.8) is 0 Å². The van der Waals surface area contributed by atoms with Crippen LogP contribution in [0.5, 0.6) is 5.75 Å². The topological polar surface area (TPSA) is 128 Å². The summed E-state index contributed by atoms with van der Waals surface area (Å²) in [6.07, 6.45) is 2.01. The van der Waals surface area contributed by atoms with Gasteiger partial charge in [0.15, 0.2) is 5.69 Å². The summed E-state index contributed by atoms with van der Waals surface area (Å²) in [5, 5.41) is 8.56. The van der Waals surface area contributed by atoms with Gasteiger partial charge in [0.1, 0.15) is 11.3 Å². The number of carbonyl (C=O) groups excluding carboxylic acids is 4. The van der Waals surface area contributed by atoms with Gasteiger partial charge in [-0.25, -0.2) is 4.79 Å². The van der Waals surface area contributed by atoms with Crippen LogP contribution < -0.4 is 15.4 Å². The van der Waals surface area contributed by atoms with Gasteiger partial charge in [-0.3, -0.25) is 14.4 Å².